The van der Waals surface area contributed by atoms with Gasteiger partial charge in [-0.3, -0.25) is 0 Å². The van der Waals surface area contributed by atoms with E-state index in [2.05, 4.69) is 14.7 Å². The van der Waals surface area contributed by atoms with Gasteiger partial charge in [0.2, 0.25) is 10.0 Å². The Morgan fingerprint density at radius 2 is 2.14 bits per heavy atom. The fourth-order valence-corrected chi connectivity index (χ4v) is 5.33. The van der Waals surface area contributed by atoms with Crippen molar-refractivity contribution in [2.45, 2.75) is 11.3 Å². The predicted octanol–water partition coefficient (Wildman–Crippen LogP) is 3.48. The van der Waals surface area contributed by atoms with E-state index in [1.165, 1.54) is 29.6 Å². The number of aromatic nitrogens is 2. The summed E-state index contributed by atoms with van der Waals surface area (Å²) in [7, 11) is -2.54. The number of nitrogens with one attached hydrogen (secondary N) is 1. The first-order valence-electron chi connectivity index (χ1n) is 8.91. The Labute approximate surface area is 173 Å². The minimum atomic E-state index is -3.79. The molecule has 0 fully saturated rings. The lowest BCUT2D eigenvalue weighted by molar-refractivity contribution is 0.0600. The molecule has 0 spiro atoms. The van der Waals surface area contributed by atoms with Crippen molar-refractivity contribution in [1.82, 2.24) is 14.3 Å². The second-order valence-corrected chi connectivity index (χ2v) is 8.89. The molecule has 2 aromatic heterocycles. The Hall–Kier alpha value is -2.68. The number of hydrogen-bond donors (Lipinski definition) is 1. The minimum absolute atomic E-state index is 0.00891. The van der Waals surface area contributed by atoms with Crippen LogP contribution in [0.5, 0.6) is 0 Å². The van der Waals surface area contributed by atoms with E-state index in [1.807, 2.05) is 24.4 Å². The van der Waals surface area contributed by atoms with Gasteiger partial charge in [0.05, 0.1) is 17.7 Å². The number of esters is 1. The van der Waals surface area contributed by atoms with Gasteiger partial charge in [-0.15, -0.1) is 0 Å². The summed E-state index contributed by atoms with van der Waals surface area (Å²) in [4.78, 5) is 19.0. The van der Waals surface area contributed by atoms with Crippen molar-refractivity contribution < 1.29 is 17.9 Å². The maximum absolute atomic E-state index is 13.0. The van der Waals surface area contributed by atoms with Crippen molar-refractivity contribution >= 4 is 44.2 Å². The molecular formula is C20H18ClN3O4S. The van der Waals surface area contributed by atoms with Gasteiger partial charge >= 0.3 is 5.97 Å². The van der Waals surface area contributed by atoms with Gasteiger partial charge in [-0.05, 0) is 42.3 Å². The second kappa shape index (κ2) is 7.62. The Morgan fingerprint density at radius 3 is 2.83 bits per heavy atom. The van der Waals surface area contributed by atoms with Crippen molar-refractivity contribution in [1.29, 1.82) is 0 Å². The van der Waals surface area contributed by atoms with E-state index in [4.69, 9.17) is 11.6 Å². The predicted molar refractivity (Wildman–Crippen MR) is 110 cm³/mol. The number of carbonyl (C=O) groups excluding carboxylic acids is 1. The summed E-state index contributed by atoms with van der Waals surface area (Å²) in [5.74, 6) is -0.574. The summed E-state index contributed by atoms with van der Waals surface area (Å²) < 4.78 is 32.1. The molecule has 1 aliphatic rings. The number of pyridine rings is 1. The summed E-state index contributed by atoms with van der Waals surface area (Å²) in [6, 6.07) is 7.91. The maximum Gasteiger partial charge on any atom is 0.337 e. The smallest absolute Gasteiger partial charge is 0.337 e. The first kappa shape index (κ1) is 19.6. The number of H-pyrrole nitrogens is 1. The third-order valence-electron chi connectivity index (χ3n) is 4.94. The molecule has 0 saturated carbocycles. The van der Waals surface area contributed by atoms with Gasteiger partial charge in [-0.25, -0.2) is 18.2 Å². The zero-order valence-corrected chi connectivity index (χ0v) is 17.1. The minimum Gasteiger partial charge on any atom is -0.465 e. The number of fused-ring (bicyclic) bond motifs is 1. The van der Waals surface area contributed by atoms with Crippen molar-refractivity contribution in [2.75, 3.05) is 20.2 Å². The van der Waals surface area contributed by atoms with Crippen LogP contribution in [0, 0.1) is 0 Å². The molecule has 1 N–H and O–H groups in total. The highest BCUT2D eigenvalue weighted by atomic mass is 35.5. The highest BCUT2D eigenvalue weighted by Gasteiger charge is 2.29. The van der Waals surface area contributed by atoms with E-state index in [1.54, 1.807) is 6.20 Å². The maximum atomic E-state index is 13.0. The van der Waals surface area contributed by atoms with Gasteiger partial charge in [0.25, 0.3) is 0 Å². The van der Waals surface area contributed by atoms with E-state index >= 15 is 0 Å². The molecule has 7 nitrogen and oxygen atoms in total. The number of carbonyl (C=O) groups is 1. The standard InChI is InChI=1S/C20H18ClN3O4S/c1-28-20(25)14-4-5-18(17(21)11-14)29(26,27)24-9-6-13(7-10-24)16-12-23-19-15(16)3-2-8-22-19/h2-6,8,11-12H,7,9-10H2,1H3,(H,22,23). The molecule has 1 aromatic carbocycles. The van der Waals surface area contributed by atoms with E-state index in [0.29, 0.717) is 13.0 Å². The fourth-order valence-electron chi connectivity index (χ4n) is 3.43. The van der Waals surface area contributed by atoms with E-state index in [-0.39, 0.29) is 22.0 Å². The average Bonchev–Trinajstić information content (AvgIpc) is 3.17. The normalized spacial score (nSPS) is 15.3. The van der Waals surface area contributed by atoms with Crippen molar-refractivity contribution in [3.63, 3.8) is 0 Å². The highest BCUT2D eigenvalue weighted by molar-refractivity contribution is 7.89. The monoisotopic (exact) mass is 431 g/mol. The molecule has 3 heterocycles. The molecule has 150 valence electrons. The van der Waals surface area contributed by atoms with E-state index in [0.717, 1.165) is 22.2 Å². The number of rotatable bonds is 4. The first-order valence-corrected chi connectivity index (χ1v) is 10.7. The summed E-state index contributed by atoms with van der Waals surface area (Å²) >= 11 is 6.17. The topological polar surface area (TPSA) is 92.4 Å². The molecule has 0 amide bonds. The molecule has 29 heavy (non-hydrogen) atoms. The van der Waals surface area contributed by atoms with Gasteiger partial charge in [0.1, 0.15) is 10.5 Å². The average molecular weight is 432 g/mol. The van der Waals surface area contributed by atoms with E-state index < -0.39 is 16.0 Å². The summed E-state index contributed by atoms with van der Waals surface area (Å²) in [6.07, 6.45) is 6.10. The van der Waals surface area contributed by atoms with Crippen LogP contribution in [0.1, 0.15) is 22.3 Å². The Bertz CT molecular complexity index is 1230. The van der Waals surface area contributed by atoms with Crippen molar-refractivity contribution in [3.8, 4) is 0 Å². The zero-order valence-electron chi connectivity index (χ0n) is 15.6. The van der Waals surface area contributed by atoms with Crippen LogP contribution < -0.4 is 0 Å². The van der Waals surface area contributed by atoms with Crippen LogP contribution in [-0.2, 0) is 14.8 Å². The molecule has 3 aromatic rings. The molecule has 0 aliphatic carbocycles. The van der Waals surface area contributed by atoms with Crippen molar-refractivity contribution in [2.24, 2.45) is 0 Å². The number of hydrogen-bond acceptors (Lipinski definition) is 5. The van der Waals surface area contributed by atoms with Crippen LogP contribution in [0.25, 0.3) is 16.6 Å². The summed E-state index contributed by atoms with van der Waals surface area (Å²) in [5.41, 5.74) is 3.11. The fraction of sp³-hybridized carbons (Fsp3) is 0.200. The molecule has 4 rings (SSSR count). The highest BCUT2D eigenvalue weighted by Crippen LogP contribution is 2.32. The number of methoxy groups -OCH3 is 1. The quantitative estimate of drug-likeness (QED) is 0.638. The summed E-state index contributed by atoms with van der Waals surface area (Å²) in [5, 5.41) is 1.00. The van der Waals surface area contributed by atoms with Crippen molar-refractivity contribution in [3.05, 3.63) is 65.0 Å². The number of halogens is 1. The number of sulfonamides is 1. The molecule has 1 aliphatic heterocycles. The Balaban J connectivity index is 1.59. The number of ether oxygens (including phenoxy) is 1. The first-order chi connectivity index (χ1) is 13.9. The summed E-state index contributed by atoms with van der Waals surface area (Å²) in [6.45, 7) is 0.565. The lowest BCUT2D eigenvalue weighted by Gasteiger charge is -2.26. The lowest BCUT2D eigenvalue weighted by Crippen LogP contribution is -2.34. The number of benzene rings is 1. The third-order valence-corrected chi connectivity index (χ3v) is 7.29. The van der Waals surface area contributed by atoms with Gasteiger partial charge in [0.15, 0.2) is 0 Å². The van der Waals surface area contributed by atoms with Gasteiger partial charge < -0.3 is 9.72 Å². The molecule has 0 radical (unpaired) electrons. The largest absolute Gasteiger partial charge is 0.465 e. The van der Waals surface area contributed by atoms with Crippen LogP contribution >= 0.6 is 11.6 Å². The second-order valence-electron chi connectivity index (χ2n) is 6.58. The number of aromatic amines is 1. The molecule has 9 heteroatoms. The third kappa shape index (κ3) is 3.55. The SMILES string of the molecule is COC(=O)c1ccc(S(=O)(=O)N2CC=C(c3c[nH]c4ncccc34)CC2)c(Cl)c1. The molecular weight excluding hydrogens is 414 g/mol. The van der Waals surface area contributed by atoms with Gasteiger partial charge in [-0.2, -0.15) is 4.31 Å². The van der Waals surface area contributed by atoms with Crippen LogP contribution in [0.4, 0.5) is 0 Å². The molecule has 0 bridgehead atoms. The zero-order chi connectivity index (χ0) is 20.6. The van der Waals surface area contributed by atoms with Crippen LogP contribution in [-0.4, -0.2) is 48.9 Å². The molecule has 0 unspecified atom stereocenters. The Kier molecular flexibility index (Phi) is 5.16. The van der Waals surface area contributed by atoms with Crippen LogP contribution in [0.3, 0.4) is 0 Å². The van der Waals surface area contributed by atoms with Crippen LogP contribution in [0.15, 0.2) is 53.7 Å². The van der Waals surface area contributed by atoms with E-state index in [9.17, 15) is 13.2 Å². The van der Waals surface area contributed by atoms with Gasteiger partial charge in [0, 0.05) is 36.4 Å². The Morgan fingerprint density at radius 1 is 1.31 bits per heavy atom. The molecule has 0 atom stereocenters. The molecule has 0 saturated heterocycles. The number of nitrogens with zero attached hydrogens (tertiary/aromatic N) is 2. The van der Waals surface area contributed by atoms with Crippen LogP contribution in [0.2, 0.25) is 5.02 Å². The lowest BCUT2D eigenvalue weighted by atomic mass is 10.0. The van der Waals surface area contributed by atoms with Gasteiger partial charge in [-0.1, -0.05) is 17.7 Å².